The van der Waals surface area contributed by atoms with Crippen molar-refractivity contribution in [3.8, 4) is 0 Å². The van der Waals surface area contributed by atoms with Crippen LogP contribution in [0.15, 0.2) is 46.0 Å². The molecule has 1 aromatic carbocycles. The lowest BCUT2D eigenvalue weighted by Crippen LogP contribution is -2.38. The van der Waals surface area contributed by atoms with Gasteiger partial charge in [0.2, 0.25) is 0 Å². The molecule has 0 bridgehead atoms. The fraction of sp³-hybridized carbons (Fsp3) is 0.368. The molecular formula is C19H22N2O5S2. The number of anilines is 1. The number of thiophene rings is 1. The maximum atomic E-state index is 12.2. The Morgan fingerprint density at radius 1 is 1.07 bits per heavy atom. The van der Waals surface area contributed by atoms with Crippen molar-refractivity contribution in [3.63, 3.8) is 0 Å². The second kappa shape index (κ2) is 9.20. The van der Waals surface area contributed by atoms with Crippen LogP contribution >= 0.6 is 11.3 Å². The largest absolute Gasteiger partial charge is 0.452 e. The normalized spacial score (nSPS) is 15.0. The highest BCUT2D eigenvalue weighted by molar-refractivity contribution is 7.94. The molecule has 1 saturated carbocycles. The van der Waals surface area contributed by atoms with Gasteiger partial charge in [-0.05, 0) is 48.6 Å². The monoisotopic (exact) mass is 422 g/mol. The zero-order valence-corrected chi connectivity index (χ0v) is 16.9. The standard InChI is InChI=1S/C19H22N2O5S2/c22-17(20-15-5-2-1-3-6-15)13-26-19(23)14-8-10-16(11-9-14)21-28(24,25)18-7-4-12-27-18/h4,7-12,15,21H,1-3,5-6,13H2,(H,20,22). The molecule has 3 rings (SSSR count). The first-order valence-electron chi connectivity index (χ1n) is 9.07. The Morgan fingerprint density at radius 2 is 1.79 bits per heavy atom. The third-order valence-electron chi connectivity index (χ3n) is 4.44. The molecule has 1 aliphatic rings. The van der Waals surface area contributed by atoms with E-state index in [1.54, 1.807) is 11.4 Å². The molecule has 0 atom stereocenters. The van der Waals surface area contributed by atoms with Crippen molar-refractivity contribution >= 4 is 38.9 Å². The van der Waals surface area contributed by atoms with Crippen molar-refractivity contribution in [1.82, 2.24) is 5.32 Å². The molecule has 1 fully saturated rings. The Morgan fingerprint density at radius 3 is 2.43 bits per heavy atom. The molecule has 28 heavy (non-hydrogen) atoms. The molecular weight excluding hydrogens is 400 g/mol. The lowest BCUT2D eigenvalue weighted by Gasteiger charge is -2.22. The SMILES string of the molecule is O=C(COC(=O)c1ccc(NS(=O)(=O)c2cccs2)cc1)NC1CCCCC1. The van der Waals surface area contributed by atoms with E-state index in [4.69, 9.17) is 4.74 Å². The van der Waals surface area contributed by atoms with Crippen molar-refractivity contribution < 1.29 is 22.7 Å². The molecule has 9 heteroatoms. The highest BCUT2D eigenvalue weighted by Crippen LogP contribution is 2.21. The first-order chi connectivity index (χ1) is 13.4. The zero-order chi connectivity index (χ0) is 20.0. The molecule has 150 valence electrons. The number of rotatable bonds is 7. The Hall–Kier alpha value is -2.39. The predicted molar refractivity (Wildman–Crippen MR) is 107 cm³/mol. The summed E-state index contributed by atoms with van der Waals surface area (Å²) < 4.78 is 32.1. The second-order valence-electron chi connectivity index (χ2n) is 6.59. The summed E-state index contributed by atoms with van der Waals surface area (Å²) in [7, 11) is -3.64. The molecule has 0 spiro atoms. The number of hydrogen-bond acceptors (Lipinski definition) is 6. The number of ether oxygens (including phenoxy) is 1. The number of carbonyl (C=O) groups is 2. The van der Waals surface area contributed by atoms with Crippen LogP contribution in [0.3, 0.4) is 0 Å². The number of hydrogen-bond donors (Lipinski definition) is 2. The molecule has 1 amide bonds. The van der Waals surface area contributed by atoms with Crippen LogP contribution in [0.25, 0.3) is 0 Å². The first kappa shape index (κ1) is 20.3. The van der Waals surface area contributed by atoms with E-state index in [0.717, 1.165) is 37.0 Å². The van der Waals surface area contributed by atoms with Crippen molar-refractivity contribution in [3.05, 3.63) is 47.3 Å². The van der Waals surface area contributed by atoms with Gasteiger partial charge in [-0.1, -0.05) is 25.3 Å². The average molecular weight is 423 g/mol. The number of benzene rings is 1. The molecule has 2 N–H and O–H groups in total. The van der Waals surface area contributed by atoms with Gasteiger partial charge in [-0.25, -0.2) is 13.2 Å². The number of nitrogens with one attached hydrogen (secondary N) is 2. The van der Waals surface area contributed by atoms with Crippen LogP contribution < -0.4 is 10.0 Å². The second-order valence-corrected chi connectivity index (χ2v) is 9.45. The molecule has 1 aromatic heterocycles. The summed E-state index contributed by atoms with van der Waals surface area (Å²) in [4.78, 5) is 24.0. The summed E-state index contributed by atoms with van der Waals surface area (Å²) >= 11 is 1.12. The van der Waals surface area contributed by atoms with Gasteiger partial charge in [-0.3, -0.25) is 9.52 Å². The molecule has 0 radical (unpaired) electrons. The quantitative estimate of drug-likeness (QED) is 0.668. The van der Waals surface area contributed by atoms with Crippen LogP contribution in [0.4, 0.5) is 5.69 Å². The topological polar surface area (TPSA) is 102 Å². The van der Waals surface area contributed by atoms with E-state index in [9.17, 15) is 18.0 Å². The summed E-state index contributed by atoms with van der Waals surface area (Å²) in [6.07, 6.45) is 5.33. The fourth-order valence-electron chi connectivity index (χ4n) is 3.03. The Kier molecular flexibility index (Phi) is 6.69. The fourth-order valence-corrected chi connectivity index (χ4v) is 5.08. The highest BCUT2D eigenvalue weighted by Gasteiger charge is 2.18. The van der Waals surface area contributed by atoms with Gasteiger partial charge < -0.3 is 10.1 Å². The van der Waals surface area contributed by atoms with Crippen molar-refractivity contribution in [1.29, 1.82) is 0 Å². The van der Waals surface area contributed by atoms with E-state index in [1.807, 2.05) is 0 Å². The summed E-state index contributed by atoms with van der Waals surface area (Å²) in [5.41, 5.74) is 0.574. The van der Waals surface area contributed by atoms with Crippen LogP contribution in [-0.2, 0) is 19.6 Å². The molecule has 0 unspecified atom stereocenters. The third-order valence-corrected chi connectivity index (χ3v) is 7.22. The predicted octanol–water partition coefficient (Wildman–Crippen LogP) is 3.15. The molecule has 0 aliphatic heterocycles. The maximum absolute atomic E-state index is 12.2. The third kappa shape index (κ3) is 5.56. The van der Waals surface area contributed by atoms with Gasteiger partial charge in [0, 0.05) is 11.7 Å². The minimum absolute atomic E-state index is 0.163. The Bertz CT molecular complexity index is 902. The minimum atomic E-state index is -3.64. The van der Waals surface area contributed by atoms with E-state index in [0.29, 0.717) is 5.69 Å². The molecule has 1 aliphatic carbocycles. The average Bonchev–Trinajstić information content (AvgIpc) is 3.23. The molecule has 7 nitrogen and oxygen atoms in total. The van der Waals surface area contributed by atoms with Gasteiger partial charge in [-0.2, -0.15) is 0 Å². The summed E-state index contributed by atoms with van der Waals surface area (Å²) in [5, 5.41) is 4.56. The maximum Gasteiger partial charge on any atom is 0.338 e. The van der Waals surface area contributed by atoms with Gasteiger partial charge in [0.1, 0.15) is 4.21 Å². The van der Waals surface area contributed by atoms with Gasteiger partial charge in [-0.15, -0.1) is 11.3 Å². The Labute approximate surface area is 168 Å². The molecule has 2 aromatic rings. The number of amides is 1. The van der Waals surface area contributed by atoms with E-state index in [1.165, 1.54) is 36.8 Å². The minimum Gasteiger partial charge on any atom is -0.452 e. The zero-order valence-electron chi connectivity index (χ0n) is 15.2. The van der Waals surface area contributed by atoms with Crippen molar-refractivity contribution in [2.75, 3.05) is 11.3 Å². The van der Waals surface area contributed by atoms with Gasteiger partial charge >= 0.3 is 5.97 Å². The lowest BCUT2D eigenvalue weighted by atomic mass is 9.95. The van der Waals surface area contributed by atoms with Gasteiger partial charge in [0.25, 0.3) is 15.9 Å². The summed E-state index contributed by atoms with van der Waals surface area (Å²) in [6, 6.07) is 9.19. The molecule has 0 saturated heterocycles. The molecule has 1 heterocycles. The van der Waals surface area contributed by atoms with E-state index in [2.05, 4.69) is 10.0 Å². The van der Waals surface area contributed by atoms with Crippen LogP contribution in [0.2, 0.25) is 0 Å². The van der Waals surface area contributed by atoms with E-state index in [-0.39, 0.29) is 28.3 Å². The van der Waals surface area contributed by atoms with Crippen molar-refractivity contribution in [2.45, 2.75) is 42.4 Å². The number of sulfonamides is 1. The van der Waals surface area contributed by atoms with E-state index >= 15 is 0 Å². The van der Waals surface area contributed by atoms with Crippen LogP contribution in [0.1, 0.15) is 42.5 Å². The first-order valence-corrected chi connectivity index (χ1v) is 11.4. The van der Waals surface area contributed by atoms with E-state index < -0.39 is 16.0 Å². The lowest BCUT2D eigenvalue weighted by molar-refractivity contribution is -0.125. The number of esters is 1. The Balaban J connectivity index is 1.50. The van der Waals surface area contributed by atoms with Crippen molar-refractivity contribution in [2.24, 2.45) is 0 Å². The summed E-state index contributed by atoms with van der Waals surface area (Å²) in [6.45, 7) is -0.331. The summed E-state index contributed by atoms with van der Waals surface area (Å²) in [5.74, 6) is -0.938. The van der Waals surface area contributed by atoms with Gasteiger partial charge in [0.15, 0.2) is 6.61 Å². The van der Waals surface area contributed by atoms with Crippen LogP contribution in [0.5, 0.6) is 0 Å². The number of carbonyl (C=O) groups excluding carboxylic acids is 2. The van der Waals surface area contributed by atoms with Gasteiger partial charge in [0.05, 0.1) is 5.56 Å². The smallest absolute Gasteiger partial charge is 0.338 e. The van der Waals surface area contributed by atoms with Crippen LogP contribution in [0, 0.1) is 0 Å². The van der Waals surface area contributed by atoms with Crippen LogP contribution in [-0.4, -0.2) is 32.9 Å². The highest BCUT2D eigenvalue weighted by atomic mass is 32.2.